The van der Waals surface area contributed by atoms with E-state index in [4.69, 9.17) is 0 Å². The van der Waals surface area contributed by atoms with Crippen molar-refractivity contribution >= 4 is 5.91 Å². The standard InChI is InChI=1S/C17H23N5O/c1-13(23)18-10-14-5-6-16(19-11-14)17-4-3-8-22(17)12-15-7-9-21(2)20-15/h5-7,9,11,17H,3-4,8,10,12H2,1-2H3,(H,18,23)/t17-/m1/s1. The van der Waals surface area contributed by atoms with Crippen LogP contribution in [0.5, 0.6) is 0 Å². The summed E-state index contributed by atoms with van der Waals surface area (Å²) in [4.78, 5) is 18.0. The maximum absolute atomic E-state index is 11.0. The maximum Gasteiger partial charge on any atom is 0.217 e. The zero-order valence-electron chi connectivity index (χ0n) is 13.7. The van der Waals surface area contributed by atoms with Gasteiger partial charge >= 0.3 is 0 Å². The molecule has 1 saturated heterocycles. The van der Waals surface area contributed by atoms with Crippen LogP contribution >= 0.6 is 0 Å². The van der Waals surface area contributed by atoms with Crippen molar-refractivity contribution in [2.75, 3.05) is 6.54 Å². The Kier molecular flexibility index (Phi) is 4.71. The smallest absolute Gasteiger partial charge is 0.217 e. The zero-order chi connectivity index (χ0) is 16.2. The molecule has 122 valence electrons. The largest absolute Gasteiger partial charge is 0.352 e. The van der Waals surface area contributed by atoms with Gasteiger partial charge in [0.15, 0.2) is 0 Å². The van der Waals surface area contributed by atoms with Gasteiger partial charge in [-0.25, -0.2) is 0 Å². The summed E-state index contributed by atoms with van der Waals surface area (Å²) in [5, 5.41) is 7.27. The van der Waals surface area contributed by atoms with Gasteiger partial charge in [-0.05, 0) is 37.1 Å². The highest BCUT2D eigenvalue weighted by molar-refractivity contribution is 5.72. The van der Waals surface area contributed by atoms with Gasteiger partial charge in [0.25, 0.3) is 0 Å². The molecular weight excluding hydrogens is 290 g/mol. The maximum atomic E-state index is 11.0. The van der Waals surface area contributed by atoms with Gasteiger partial charge in [0.05, 0.1) is 17.4 Å². The number of amides is 1. The predicted molar refractivity (Wildman–Crippen MR) is 87.4 cm³/mol. The van der Waals surface area contributed by atoms with Gasteiger partial charge in [-0.15, -0.1) is 0 Å². The molecule has 23 heavy (non-hydrogen) atoms. The van der Waals surface area contributed by atoms with Crippen molar-refractivity contribution in [3.05, 3.63) is 47.5 Å². The number of hydrogen-bond acceptors (Lipinski definition) is 4. The predicted octanol–water partition coefficient (Wildman–Crippen LogP) is 1.79. The number of carbonyl (C=O) groups is 1. The highest BCUT2D eigenvalue weighted by atomic mass is 16.1. The summed E-state index contributed by atoms with van der Waals surface area (Å²) in [5.41, 5.74) is 3.23. The molecule has 1 amide bonds. The summed E-state index contributed by atoms with van der Waals surface area (Å²) < 4.78 is 1.84. The lowest BCUT2D eigenvalue weighted by Gasteiger charge is -2.23. The molecule has 0 bridgehead atoms. The minimum atomic E-state index is -0.0218. The minimum Gasteiger partial charge on any atom is -0.352 e. The van der Waals surface area contributed by atoms with Crippen LogP contribution in [0.25, 0.3) is 0 Å². The lowest BCUT2D eigenvalue weighted by molar-refractivity contribution is -0.119. The zero-order valence-corrected chi connectivity index (χ0v) is 13.7. The van der Waals surface area contributed by atoms with E-state index in [0.717, 1.165) is 36.5 Å². The van der Waals surface area contributed by atoms with Crippen LogP contribution in [-0.2, 0) is 24.9 Å². The highest BCUT2D eigenvalue weighted by Gasteiger charge is 2.27. The van der Waals surface area contributed by atoms with Crippen LogP contribution < -0.4 is 5.32 Å². The van der Waals surface area contributed by atoms with Gasteiger partial charge in [0.1, 0.15) is 0 Å². The molecule has 0 saturated carbocycles. The molecule has 1 atom stereocenters. The first kappa shape index (κ1) is 15.7. The van der Waals surface area contributed by atoms with E-state index in [1.54, 1.807) is 0 Å². The topological polar surface area (TPSA) is 63.1 Å². The number of hydrogen-bond donors (Lipinski definition) is 1. The molecule has 2 aromatic rings. The second-order valence-electron chi connectivity index (χ2n) is 6.11. The van der Waals surface area contributed by atoms with Crippen molar-refractivity contribution in [1.82, 2.24) is 25.0 Å². The van der Waals surface area contributed by atoms with E-state index in [2.05, 4.69) is 38.5 Å². The summed E-state index contributed by atoms with van der Waals surface area (Å²) >= 11 is 0. The first-order valence-electron chi connectivity index (χ1n) is 8.03. The van der Waals surface area contributed by atoms with Crippen molar-refractivity contribution in [3.63, 3.8) is 0 Å². The molecule has 1 N–H and O–H groups in total. The van der Waals surface area contributed by atoms with Gasteiger partial charge in [0, 0.05) is 39.5 Å². The molecule has 0 aliphatic carbocycles. The molecule has 0 spiro atoms. The number of nitrogens with one attached hydrogen (secondary N) is 1. The number of carbonyl (C=O) groups excluding carboxylic acids is 1. The third kappa shape index (κ3) is 3.96. The molecule has 3 heterocycles. The quantitative estimate of drug-likeness (QED) is 0.914. The van der Waals surface area contributed by atoms with E-state index in [1.165, 1.54) is 13.3 Å². The van der Waals surface area contributed by atoms with E-state index in [0.29, 0.717) is 12.6 Å². The SMILES string of the molecule is CC(=O)NCc1ccc([C@H]2CCCN2Cc2ccn(C)n2)nc1. The Labute approximate surface area is 136 Å². The Bertz CT molecular complexity index is 664. The van der Waals surface area contributed by atoms with E-state index in [-0.39, 0.29) is 5.91 Å². The van der Waals surface area contributed by atoms with Crippen LogP contribution in [0.3, 0.4) is 0 Å². The normalized spacial score (nSPS) is 18.3. The fourth-order valence-corrected chi connectivity index (χ4v) is 3.07. The summed E-state index contributed by atoms with van der Waals surface area (Å²) in [7, 11) is 1.94. The molecule has 1 fully saturated rings. The summed E-state index contributed by atoms with van der Waals surface area (Å²) in [6.07, 6.45) is 6.16. The van der Waals surface area contributed by atoms with Crippen LogP contribution in [0.4, 0.5) is 0 Å². The molecule has 1 aliphatic rings. The Morgan fingerprint density at radius 2 is 2.26 bits per heavy atom. The number of aryl methyl sites for hydroxylation is 1. The van der Waals surface area contributed by atoms with Crippen molar-refractivity contribution < 1.29 is 4.79 Å². The molecule has 2 aromatic heterocycles. The molecule has 0 radical (unpaired) electrons. The lowest BCUT2D eigenvalue weighted by atomic mass is 10.1. The van der Waals surface area contributed by atoms with Crippen LogP contribution in [0.1, 0.15) is 42.8 Å². The molecule has 0 aromatic carbocycles. The van der Waals surface area contributed by atoms with E-state index in [9.17, 15) is 4.79 Å². The summed E-state index contributed by atoms with van der Waals surface area (Å²) in [6, 6.07) is 6.56. The first-order chi connectivity index (χ1) is 11.1. The number of aromatic nitrogens is 3. The van der Waals surface area contributed by atoms with Crippen LogP contribution in [-0.4, -0.2) is 32.1 Å². The lowest BCUT2D eigenvalue weighted by Crippen LogP contribution is -2.24. The van der Waals surface area contributed by atoms with Gasteiger partial charge in [-0.1, -0.05) is 6.07 Å². The van der Waals surface area contributed by atoms with Gasteiger partial charge < -0.3 is 5.32 Å². The Balaban J connectivity index is 1.66. The van der Waals surface area contributed by atoms with Crippen LogP contribution in [0.15, 0.2) is 30.6 Å². The summed E-state index contributed by atoms with van der Waals surface area (Å²) in [5.74, 6) is -0.0218. The van der Waals surface area contributed by atoms with E-state index in [1.807, 2.05) is 24.1 Å². The second kappa shape index (κ2) is 6.91. The van der Waals surface area contributed by atoms with Crippen LogP contribution in [0.2, 0.25) is 0 Å². The average molecular weight is 313 g/mol. The number of pyridine rings is 1. The first-order valence-corrected chi connectivity index (χ1v) is 8.03. The molecular formula is C17H23N5O. The highest BCUT2D eigenvalue weighted by Crippen LogP contribution is 2.31. The molecule has 6 nitrogen and oxygen atoms in total. The molecule has 0 unspecified atom stereocenters. The molecule has 3 rings (SSSR count). The third-order valence-corrected chi connectivity index (χ3v) is 4.23. The molecule has 1 aliphatic heterocycles. The second-order valence-corrected chi connectivity index (χ2v) is 6.11. The summed E-state index contributed by atoms with van der Waals surface area (Å²) in [6.45, 7) is 4.00. The Hall–Kier alpha value is -2.21. The van der Waals surface area contributed by atoms with Gasteiger partial charge in [-0.2, -0.15) is 5.10 Å². The van der Waals surface area contributed by atoms with Crippen molar-refractivity contribution in [3.8, 4) is 0 Å². The fraction of sp³-hybridized carbons (Fsp3) is 0.471. The van der Waals surface area contributed by atoms with Crippen molar-refractivity contribution in [1.29, 1.82) is 0 Å². The van der Waals surface area contributed by atoms with E-state index < -0.39 is 0 Å². The third-order valence-electron chi connectivity index (χ3n) is 4.23. The fourth-order valence-electron chi connectivity index (χ4n) is 3.07. The number of rotatable bonds is 5. The minimum absolute atomic E-state index is 0.0218. The average Bonchev–Trinajstić information content (AvgIpc) is 3.15. The van der Waals surface area contributed by atoms with Crippen LogP contribution in [0, 0.1) is 0 Å². The van der Waals surface area contributed by atoms with Crippen molar-refractivity contribution in [2.24, 2.45) is 7.05 Å². The van der Waals surface area contributed by atoms with Crippen molar-refractivity contribution in [2.45, 2.75) is 38.9 Å². The number of likely N-dealkylation sites (tertiary alicyclic amines) is 1. The molecule has 6 heteroatoms. The Morgan fingerprint density at radius 1 is 1.39 bits per heavy atom. The van der Waals surface area contributed by atoms with Gasteiger partial charge in [0.2, 0.25) is 5.91 Å². The van der Waals surface area contributed by atoms with E-state index >= 15 is 0 Å². The number of nitrogens with zero attached hydrogens (tertiary/aromatic N) is 4. The monoisotopic (exact) mass is 313 g/mol. The Morgan fingerprint density at radius 3 is 2.91 bits per heavy atom. The van der Waals surface area contributed by atoms with Gasteiger partial charge in [-0.3, -0.25) is 19.4 Å².